The molecule has 24 heavy (non-hydrogen) atoms. The Hall–Kier alpha value is -0.570. The number of halogens is 1. The Labute approximate surface area is 164 Å². The molecular weight excluding hydrogens is 417 g/mol. The summed E-state index contributed by atoms with van der Waals surface area (Å²) in [7, 11) is 3.51. The van der Waals surface area contributed by atoms with Crippen molar-refractivity contribution < 1.29 is 4.79 Å². The minimum Gasteiger partial charge on any atom is -0.356 e. The highest BCUT2D eigenvalue weighted by molar-refractivity contribution is 14.0. The molecule has 0 aromatic rings. The topological polar surface area (TPSA) is 60.0 Å². The minimum absolute atomic E-state index is 0. The summed E-state index contributed by atoms with van der Waals surface area (Å²) >= 11 is 0. The molecule has 0 saturated carbocycles. The molecule has 1 aliphatic rings. The van der Waals surface area contributed by atoms with Gasteiger partial charge in [0.15, 0.2) is 5.96 Å². The molecule has 7 heteroatoms. The second-order valence-corrected chi connectivity index (χ2v) is 7.50. The third kappa shape index (κ3) is 8.00. The van der Waals surface area contributed by atoms with Crippen LogP contribution in [0.3, 0.4) is 0 Å². The first-order valence-electron chi connectivity index (χ1n) is 8.69. The van der Waals surface area contributed by atoms with Crippen LogP contribution in [0.4, 0.5) is 0 Å². The molecule has 0 aromatic heterocycles. The lowest BCUT2D eigenvalue weighted by Crippen LogP contribution is -2.48. The number of carbonyl (C=O) groups excluding carboxylic acids is 1. The largest absolute Gasteiger partial charge is 0.356 e. The zero-order chi connectivity index (χ0) is 17.6. The second kappa shape index (κ2) is 11.1. The normalized spacial score (nSPS) is 21.8. The van der Waals surface area contributed by atoms with Gasteiger partial charge >= 0.3 is 0 Å². The van der Waals surface area contributed by atoms with Crippen LogP contribution in [0.2, 0.25) is 0 Å². The summed E-state index contributed by atoms with van der Waals surface area (Å²) in [6.07, 6.45) is 0. The van der Waals surface area contributed by atoms with Gasteiger partial charge in [-0.1, -0.05) is 20.8 Å². The van der Waals surface area contributed by atoms with E-state index in [9.17, 15) is 4.79 Å². The maximum absolute atomic E-state index is 11.8. The number of nitrogens with one attached hydrogen (secondary N) is 2. The van der Waals surface area contributed by atoms with Gasteiger partial charge in [0.2, 0.25) is 5.91 Å². The summed E-state index contributed by atoms with van der Waals surface area (Å²) in [5, 5.41) is 6.88. The van der Waals surface area contributed by atoms with E-state index in [4.69, 9.17) is 0 Å². The molecule has 2 unspecified atom stereocenters. The lowest BCUT2D eigenvalue weighted by atomic mass is 10.1. The molecule has 1 saturated heterocycles. The number of carbonyl (C=O) groups is 1. The van der Waals surface area contributed by atoms with Crippen molar-refractivity contribution in [2.24, 2.45) is 16.8 Å². The molecule has 0 spiro atoms. The molecular formula is C17H36IN5O. The lowest BCUT2D eigenvalue weighted by molar-refractivity contribution is -0.127. The van der Waals surface area contributed by atoms with Crippen LogP contribution >= 0.6 is 24.0 Å². The summed E-state index contributed by atoms with van der Waals surface area (Å²) in [6, 6.07) is 0.925. The number of aliphatic imine (C=N–C) groups is 1. The second-order valence-electron chi connectivity index (χ2n) is 7.50. The zero-order valence-corrected chi connectivity index (χ0v) is 18.6. The van der Waals surface area contributed by atoms with E-state index in [-0.39, 0.29) is 36.4 Å². The smallest absolute Gasteiger partial charge is 0.243 e. The highest BCUT2D eigenvalue weighted by atomic mass is 127. The van der Waals surface area contributed by atoms with E-state index >= 15 is 0 Å². The number of hydrogen-bond donors (Lipinski definition) is 2. The Bertz CT molecular complexity index is 412. The van der Waals surface area contributed by atoms with Crippen LogP contribution in [-0.2, 0) is 4.79 Å². The van der Waals surface area contributed by atoms with Gasteiger partial charge < -0.3 is 15.5 Å². The lowest BCUT2D eigenvalue weighted by Gasteiger charge is -2.22. The molecule has 0 radical (unpaired) electrons. The van der Waals surface area contributed by atoms with Crippen molar-refractivity contribution in [3.8, 4) is 0 Å². The summed E-state index contributed by atoms with van der Waals surface area (Å²) in [5.74, 6) is 1.85. The van der Waals surface area contributed by atoms with Crippen molar-refractivity contribution in [2.45, 2.75) is 46.7 Å². The van der Waals surface area contributed by atoms with Crippen LogP contribution in [0.25, 0.3) is 0 Å². The fourth-order valence-corrected chi connectivity index (χ4v) is 2.53. The summed E-state index contributed by atoms with van der Waals surface area (Å²) in [4.78, 5) is 20.3. The number of likely N-dealkylation sites (tertiary alicyclic amines) is 1. The van der Waals surface area contributed by atoms with Crippen LogP contribution in [0, 0.1) is 11.8 Å². The maximum atomic E-state index is 11.8. The Morgan fingerprint density at radius 1 is 1.25 bits per heavy atom. The molecule has 0 aromatic carbocycles. The fourth-order valence-electron chi connectivity index (χ4n) is 2.53. The van der Waals surface area contributed by atoms with E-state index in [0.29, 0.717) is 23.9 Å². The van der Waals surface area contributed by atoms with Gasteiger partial charge in [-0.25, -0.2) is 4.99 Å². The number of rotatable bonds is 6. The number of likely N-dealkylation sites (N-methyl/N-ethyl adjacent to an activating group) is 1. The standard InChI is InChI=1S/C17H35N5O.HI/c1-12(2)8-18-17(19-9-16(23)21(6)7)20-15-11-22(13(3)4)10-14(15)5;/h12-15H,8-11H2,1-7H3,(H2,18,19,20);1H. The Morgan fingerprint density at radius 3 is 2.33 bits per heavy atom. The first-order chi connectivity index (χ1) is 10.7. The van der Waals surface area contributed by atoms with Crippen LogP contribution in [-0.4, -0.2) is 74.0 Å². The van der Waals surface area contributed by atoms with Gasteiger partial charge in [-0.15, -0.1) is 24.0 Å². The van der Waals surface area contributed by atoms with E-state index in [1.54, 1.807) is 19.0 Å². The van der Waals surface area contributed by atoms with Crippen molar-refractivity contribution in [1.29, 1.82) is 0 Å². The van der Waals surface area contributed by atoms with Crippen LogP contribution in [0.1, 0.15) is 34.6 Å². The molecule has 0 bridgehead atoms. The van der Waals surface area contributed by atoms with E-state index in [1.165, 1.54) is 0 Å². The van der Waals surface area contributed by atoms with Gasteiger partial charge in [0.1, 0.15) is 6.54 Å². The van der Waals surface area contributed by atoms with Crippen molar-refractivity contribution in [3.05, 3.63) is 0 Å². The average molecular weight is 453 g/mol. The van der Waals surface area contributed by atoms with Gasteiger partial charge in [-0.3, -0.25) is 9.69 Å². The molecule has 1 aliphatic heterocycles. The number of amides is 1. The summed E-state index contributed by atoms with van der Waals surface area (Å²) in [5.41, 5.74) is 0. The van der Waals surface area contributed by atoms with E-state index < -0.39 is 0 Å². The van der Waals surface area contributed by atoms with Gasteiger partial charge in [0.25, 0.3) is 0 Å². The summed E-state index contributed by atoms with van der Waals surface area (Å²) in [6.45, 7) is 14.2. The van der Waals surface area contributed by atoms with Crippen molar-refractivity contribution in [2.75, 3.05) is 40.3 Å². The Balaban J connectivity index is 0.00000529. The highest BCUT2D eigenvalue weighted by Gasteiger charge is 2.31. The monoisotopic (exact) mass is 453 g/mol. The number of nitrogens with zero attached hydrogens (tertiary/aromatic N) is 3. The molecule has 0 aliphatic carbocycles. The molecule has 2 N–H and O–H groups in total. The van der Waals surface area contributed by atoms with Crippen LogP contribution < -0.4 is 10.6 Å². The van der Waals surface area contributed by atoms with Crippen LogP contribution in [0.5, 0.6) is 0 Å². The molecule has 2 atom stereocenters. The molecule has 6 nitrogen and oxygen atoms in total. The van der Waals surface area contributed by atoms with Crippen molar-refractivity contribution >= 4 is 35.8 Å². The van der Waals surface area contributed by atoms with Gasteiger partial charge in [-0.2, -0.15) is 0 Å². The molecule has 1 fully saturated rings. The molecule has 1 rings (SSSR count). The number of guanidine groups is 1. The Morgan fingerprint density at radius 2 is 1.88 bits per heavy atom. The molecule has 142 valence electrons. The van der Waals surface area contributed by atoms with E-state index in [1.807, 2.05) is 0 Å². The van der Waals surface area contributed by atoms with Crippen LogP contribution in [0.15, 0.2) is 4.99 Å². The van der Waals surface area contributed by atoms with E-state index in [0.717, 1.165) is 25.6 Å². The average Bonchev–Trinajstić information content (AvgIpc) is 2.82. The summed E-state index contributed by atoms with van der Waals surface area (Å²) < 4.78 is 0. The fraction of sp³-hybridized carbons (Fsp3) is 0.882. The van der Waals surface area contributed by atoms with Gasteiger partial charge in [0, 0.05) is 45.8 Å². The first kappa shape index (κ1) is 23.4. The first-order valence-corrected chi connectivity index (χ1v) is 8.69. The van der Waals surface area contributed by atoms with Crippen molar-refractivity contribution in [1.82, 2.24) is 20.4 Å². The SMILES string of the molecule is CC(C)CNC(=NCC(=O)N(C)C)NC1CN(C(C)C)CC1C.I. The minimum atomic E-state index is 0. The quantitative estimate of drug-likeness (QED) is 0.365. The predicted octanol–water partition coefficient (Wildman–Crippen LogP) is 1.61. The Kier molecular flexibility index (Phi) is 10.9. The van der Waals surface area contributed by atoms with Gasteiger partial charge in [0.05, 0.1) is 0 Å². The third-order valence-electron chi connectivity index (χ3n) is 4.24. The third-order valence-corrected chi connectivity index (χ3v) is 4.24. The molecule has 1 heterocycles. The maximum Gasteiger partial charge on any atom is 0.243 e. The number of hydrogen-bond acceptors (Lipinski definition) is 3. The van der Waals surface area contributed by atoms with E-state index in [2.05, 4.69) is 55.1 Å². The van der Waals surface area contributed by atoms with Crippen molar-refractivity contribution in [3.63, 3.8) is 0 Å². The highest BCUT2D eigenvalue weighted by Crippen LogP contribution is 2.18. The van der Waals surface area contributed by atoms with Gasteiger partial charge in [-0.05, 0) is 25.7 Å². The zero-order valence-electron chi connectivity index (χ0n) is 16.3. The predicted molar refractivity (Wildman–Crippen MR) is 112 cm³/mol. The molecule has 1 amide bonds.